The first-order chi connectivity index (χ1) is 8.11. The van der Waals surface area contributed by atoms with E-state index >= 15 is 0 Å². The maximum absolute atomic E-state index is 11.7. The Morgan fingerprint density at radius 1 is 1.53 bits per heavy atom. The summed E-state index contributed by atoms with van der Waals surface area (Å²) >= 11 is 5.54. The van der Waals surface area contributed by atoms with Crippen LogP contribution in [0.2, 0.25) is 0 Å². The first-order valence-corrected chi connectivity index (χ1v) is 7.18. The number of hydrogen-bond acceptors (Lipinski definition) is 2. The van der Waals surface area contributed by atoms with Gasteiger partial charge in [-0.2, -0.15) is 0 Å². The van der Waals surface area contributed by atoms with E-state index in [4.69, 9.17) is 0 Å². The monoisotopic (exact) mass is 407 g/mol. The first kappa shape index (κ1) is 13.0. The number of nitrogens with zero attached hydrogens (tertiary/aromatic N) is 1. The summed E-state index contributed by atoms with van der Waals surface area (Å²) in [7, 11) is 0. The number of amides is 1. The molecule has 1 aromatic carbocycles. The molecule has 5 heteroatoms. The van der Waals surface area contributed by atoms with Crippen LogP contribution in [-0.4, -0.2) is 18.7 Å². The highest BCUT2D eigenvalue weighted by molar-refractivity contribution is 14.1. The molecular weight excluding hydrogens is 397 g/mol. The molecule has 0 aromatic heterocycles. The van der Waals surface area contributed by atoms with Crippen LogP contribution in [0.25, 0.3) is 0 Å². The number of benzene rings is 1. The van der Waals surface area contributed by atoms with Crippen molar-refractivity contribution in [2.45, 2.75) is 12.8 Å². The molecule has 1 aliphatic rings. The maximum Gasteiger partial charge on any atom is 0.214 e. The van der Waals surface area contributed by atoms with E-state index in [-0.39, 0.29) is 18.2 Å². The highest BCUT2D eigenvalue weighted by Crippen LogP contribution is 2.31. The Morgan fingerprint density at radius 3 is 2.76 bits per heavy atom. The minimum atomic E-state index is 0.163. The number of hydrogen-bond donors (Lipinski definition) is 0. The molecule has 1 fully saturated rings. The Bertz CT molecular complexity index is 460. The molecule has 3 nitrogen and oxygen atoms in total. The third-order valence-electron chi connectivity index (χ3n) is 2.71. The summed E-state index contributed by atoms with van der Waals surface area (Å²) in [5, 5.41) is 0. The van der Waals surface area contributed by atoms with Crippen LogP contribution in [0.3, 0.4) is 0 Å². The van der Waals surface area contributed by atoms with Crippen molar-refractivity contribution >= 4 is 56.4 Å². The third-order valence-corrected chi connectivity index (χ3v) is 4.06. The molecule has 0 aliphatic heterocycles. The molecule has 90 valence electrons. The second-order valence-corrected chi connectivity index (χ2v) is 6.15. The molecule has 0 N–H and O–H groups in total. The number of carbonyl (C=O) groups excluding carboxylic acids is 2. The predicted octanol–water partition coefficient (Wildman–Crippen LogP) is 3.00. The standard InChI is InChI=1S/C12H11BrINO2/c13-9-3-4-11(10(14)5-9)15(7-16)6-12(17)8-1-2-8/h3-5,7-8H,1-2,6H2. The minimum Gasteiger partial charge on any atom is -0.306 e. The molecule has 17 heavy (non-hydrogen) atoms. The number of ketones is 1. The van der Waals surface area contributed by atoms with Crippen molar-refractivity contribution in [3.63, 3.8) is 0 Å². The van der Waals surface area contributed by atoms with Crippen molar-refractivity contribution in [1.82, 2.24) is 0 Å². The van der Waals surface area contributed by atoms with Crippen LogP contribution in [0.1, 0.15) is 12.8 Å². The molecule has 0 bridgehead atoms. The molecule has 0 heterocycles. The summed E-state index contributed by atoms with van der Waals surface area (Å²) in [5.74, 6) is 0.348. The number of anilines is 1. The normalized spacial score (nSPS) is 14.5. The molecule has 2 rings (SSSR count). The van der Waals surface area contributed by atoms with Crippen LogP contribution >= 0.6 is 38.5 Å². The Morgan fingerprint density at radius 2 is 2.24 bits per heavy atom. The highest BCUT2D eigenvalue weighted by atomic mass is 127. The van der Waals surface area contributed by atoms with Gasteiger partial charge in [-0.05, 0) is 53.6 Å². The van der Waals surface area contributed by atoms with E-state index < -0.39 is 0 Å². The number of halogens is 2. The van der Waals surface area contributed by atoms with E-state index in [1.54, 1.807) is 0 Å². The van der Waals surface area contributed by atoms with Crippen molar-refractivity contribution in [2.24, 2.45) is 5.92 Å². The van der Waals surface area contributed by atoms with Gasteiger partial charge in [-0.15, -0.1) is 0 Å². The average molecular weight is 408 g/mol. The summed E-state index contributed by atoms with van der Waals surface area (Å²) in [6, 6.07) is 5.64. The van der Waals surface area contributed by atoms with Gasteiger partial charge in [0.15, 0.2) is 5.78 Å². The van der Waals surface area contributed by atoms with Crippen LogP contribution in [0.15, 0.2) is 22.7 Å². The molecular formula is C12H11BrINO2. The number of Topliss-reactive ketones (excluding diaryl/α,β-unsaturated/α-hetero) is 1. The third kappa shape index (κ3) is 3.28. The van der Waals surface area contributed by atoms with Crippen molar-refractivity contribution in [2.75, 3.05) is 11.4 Å². The topological polar surface area (TPSA) is 37.4 Å². The Balaban J connectivity index is 2.16. The molecule has 0 spiro atoms. The van der Waals surface area contributed by atoms with Crippen LogP contribution < -0.4 is 4.90 Å². The van der Waals surface area contributed by atoms with Gasteiger partial charge in [-0.1, -0.05) is 15.9 Å². The van der Waals surface area contributed by atoms with Gasteiger partial charge in [0.05, 0.1) is 12.2 Å². The summed E-state index contributed by atoms with van der Waals surface area (Å²) in [4.78, 5) is 24.3. The molecule has 0 atom stereocenters. The zero-order valence-electron chi connectivity index (χ0n) is 9.03. The lowest BCUT2D eigenvalue weighted by Gasteiger charge is -2.18. The molecule has 0 unspecified atom stereocenters. The SMILES string of the molecule is O=CN(CC(=O)C1CC1)c1ccc(Br)cc1I. The first-order valence-electron chi connectivity index (χ1n) is 5.31. The zero-order valence-corrected chi connectivity index (χ0v) is 12.8. The van der Waals surface area contributed by atoms with Gasteiger partial charge < -0.3 is 4.90 Å². The van der Waals surface area contributed by atoms with E-state index in [9.17, 15) is 9.59 Å². The fourth-order valence-corrected chi connectivity index (χ4v) is 3.21. The molecule has 0 radical (unpaired) electrons. The van der Waals surface area contributed by atoms with Crippen LogP contribution in [0.5, 0.6) is 0 Å². The smallest absolute Gasteiger partial charge is 0.214 e. The quantitative estimate of drug-likeness (QED) is 0.555. The van der Waals surface area contributed by atoms with E-state index in [2.05, 4.69) is 38.5 Å². The van der Waals surface area contributed by atoms with Crippen molar-refractivity contribution in [3.8, 4) is 0 Å². The number of rotatable bonds is 5. The second-order valence-electron chi connectivity index (χ2n) is 4.07. The van der Waals surface area contributed by atoms with Gasteiger partial charge in [0, 0.05) is 14.0 Å². The molecule has 1 saturated carbocycles. The van der Waals surface area contributed by atoms with E-state index in [1.807, 2.05) is 18.2 Å². The van der Waals surface area contributed by atoms with Crippen molar-refractivity contribution < 1.29 is 9.59 Å². The lowest BCUT2D eigenvalue weighted by molar-refractivity contribution is -0.120. The fraction of sp³-hybridized carbons (Fsp3) is 0.333. The maximum atomic E-state index is 11.7. The van der Waals surface area contributed by atoms with Gasteiger partial charge in [-0.3, -0.25) is 9.59 Å². The summed E-state index contributed by atoms with van der Waals surface area (Å²) < 4.78 is 1.91. The predicted molar refractivity (Wildman–Crippen MR) is 78.0 cm³/mol. The van der Waals surface area contributed by atoms with E-state index in [0.717, 1.165) is 33.0 Å². The zero-order chi connectivity index (χ0) is 12.4. The van der Waals surface area contributed by atoms with Gasteiger partial charge in [0.1, 0.15) is 0 Å². The highest BCUT2D eigenvalue weighted by Gasteiger charge is 2.30. The largest absolute Gasteiger partial charge is 0.306 e. The minimum absolute atomic E-state index is 0.163. The number of carbonyl (C=O) groups is 2. The van der Waals surface area contributed by atoms with Crippen molar-refractivity contribution in [1.29, 1.82) is 0 Å². The second kappa shape index (κ2) is 5.48. The van der Waals surface area contributed by atoms with Crippen LogP contribution in [0.4, 0.5) is 5.69 Å². The van der Waals surface area contributed by atoms with Gasteiger partial charge in [-0.25, -0.2) is 0 Å². The van der Waals surface area contributed by atoms with Crippen LogP contribution in [0, 0.1) is 9.49 Å². The van der Waals surface area contributed by atoms with Crippen LogP contribution in [-0.2, 0) is 9.59 Å². The molecule has 1 aliphatic carbocycles. The Hall–Kier alpha value is -0.430. The lowest BCUT2D eigenvalue weighted by atomic mass is 10.2. The van der Waals surface area contributed by atoms with E-state index in [1.165, 1.54) is 4.90 Å². The summed E-state index contributed by atoms with van der Waals surface area (Å²) in [6.45, 7) is 0.186. The van der Waals surface area contributed by atoms with Gasteiger partial charge >= 0.3 is 0 Å². The van der Waals surface area contributed by atoms with Gasteiger partial charge in [0.25, 0.3) is 0 Å². The molecule has 0 saturated heterocycles. The Labute approximate surface area is 122 Å². The molecule has 1 amide bonds. The van der Waals surface area contributed by atoms with E-state index in [0.29, 0.717) is 0 Å². The Kier molecular flexibility index (Phi) is 4.19. The lowest BCUT2D eigenvalue weighted by Crippen LogP contribution is -2.29. The molecule has 1 aromatic rings. The average Bonchev–Trinajstić information content (AvgIpc) is 3.10. The van der Waals surface area contributed by atoms with Crippen molar-refractivity contribution in [3.05, 3.63) is 26.2 Å². The fourth-order valence-electron chi connectivity index (χ4n) is 1.60. The van der Waals surface area contributed by atoms with Gasteiger partial charge in [0.2, 0.25) is 6.41 Å². The summed E-state index contributed by atoms with van der Waals surface area (Å²) in [5.41, 5.74) is 0.790. The summed E-state index contributed by atoms with van der Waals surface area (Å²) in [6.07, 6.45) is 2.68.